The van der Waals surface area contributed by atoms with Crippen LogP contribution < -0.4 is 10.1 Å². The van der Waals surface area contributed by atoms with Gasteiger partial charge in [0.15, 0.2) is 0 Å². The fourth-order valence-electron chi connectivity index (χ4n) is 4.17. The van der Waals surface area contributed by atoms with E-state index in [2.05, 4.69) is 44.7 Å². The third-order valence-corrected chi connectivity index (χ3v) is 5.98. The fourth-order valence-corrected chi connectivity index (χ4v) is 4.17. The van der Waals surface area contributed by atoms with Crippen molar-refractivity contribution in [3.8, 4) is 17.0 Å². The van der Waals surface area contributed by atoms with Crippen molar-refractivity contribution in [2.24, 2.45) is 0 Å². The van der Waals surface area contributed by atoms with Gasteiger partial charge in [0.25, 0.3) is 0 Å². The quantitative estimate of drug-likeness (QED) is 0.614. The van der Waals surface area contributed by atoms with Crippen LogP contribution in [0.15, 0.2) is 54.6 Å². The van der Waals surface area contributed by atoms with Gasteiger partial charge < -0.3 is 10.1 Å². The van der Waals surface area contributed by atoms with E-state index in [1.54, 1.807) is 7.11 Å². The number of rotatable bonds is 7. The highest BCUT2D eigenvalue weighted by molar-refractivity contribution is 5.82. The van der Waals surface area contributed by atoms with Crippen LogP contribution >= 0.6 is 0 Å². The zero-order chi connectivity index (χ0) is 21.6. The Bertz CT molecular complexity index is 990. The Morgan fingerprint density at radius 3 is 2.52 bits per heavy atom. The fraction of sp³-hybridized carbons (Fsp3) is 0.360. The predicted octanol–water partition coefficient (Wildman–Crippen LogP) is 3.72. The third kappa shape index (κ3) is 5.33. The van der Waals surface area contributed by atoms with E-state index in [1.807, 2.05) is 37.3 Å². The van der Waals surface area contributed by atoms with Crippen LogP contribution in [0.1, 0.15) is 29.7 Å². The largest absolute Gasteiger partial charge is 0.497 e. The normalized spacial score (nSPS) is 15.0. The molecule has 1 aromatic heterocycles. The lowest BCUT2D eigenvalue weighted by Gasteiger charge is -2.32. The zero-order valence-corrected chi connectivity index (χ0v) is 18.2. The number of nitrogens with zero attached hydrogens (tertiary/aromatic N) is 2. The van der Waals surface area contributed by atoms with E-state index < -0.39 is 0 Å². The van der Waals surface area contributed by atoms with Crippen LogP contribution in [-0.4, -0.2) is 47.2 Å². The summed E-state index contributed by atoms with van der Waals surface area (Å²) in [6.45, 7) is 4.94. The highest BCUT2D eigenvalue weighted by atomic mass is 16.5. The molecule has 6 heteroatoms. The highest BCUT2D eigenvalue weighted by Gasteiger charge is 2.22. The number of nitrogens with one attached hydrogen (secondary N) is 2. The number of benzene rings is 2. The maximum absolute atomic E-state index is 12.8. The van der Waals surface area contributed by atoms with Gasteiger partial charge in [0, 0.05) is 42.5 Å². The number of ether oxygens (including phenoxy) is 1. The van der Waals surface area contributed by atoms with Crippen LogP contribution in [0.5, 0.6) is 5.75 Å². The monoisotopic (exact) mass is 418 g/mol. The van der Waals surface area contributed by atoms with Crippen LogP contribution in [0.25, 0.3) is 11.3 Å². The first-order valence-electron chi connectivity index (χ1n) is 10.9. The molecule has 0 spiro atoms. The van der Waals surface area contributed by atoms with E-state index in [9.17, 15) is 4.79 Å². The topological polar surface area (TPSA) is 70.2 Å². The standard InChI is InChI=1S/C25H30N4O2/c1-18-23(25(28-27-18)20-8-10-22(31-2)11-9-20)16-24(30)26-21-12-14-29(15-13-21)17-19-6-4-3-5-7-19/h3-11,21H,12-17H2,1-2H3,(H,26,30)(H,27,28). The van der Waals surface area contributed by atoms with E-state index in [-0.39, 0.29) is 11.9 Å². The molecule has 1 aliphatic heterocycles. The molecule has 1 saturated heterocycles. The average Bonchev–Trinajstić information content (AvgIpc) is 3.16. The number of piperidine rings is 1. The van der Waals surface area contributed by atoms with Crippen LogP contribution in [-0.2, 0) is 17.8 Å². The van der Waals surface area contributed by atoms with Gasteiger partial charge in [-0.05, 0) is 49.6 Å². The molecule has 0 bridgehead atoms. The van der Waals surface area contributed by atoms with Crippen LogP contribution in [0, 0.1) is 6.92 Å². The summed E-state index contributed by atoms with van der Waals surface area (Å²) in [6.07, 6.45) is 2.29. The molecule has 4 rings (SSSR count). The van der Waals surface area contributed by atoms with Crippen molar-refractivity contribution < 1.29 is 9.53 Å². The number of carbonyl (C=O) groups excluding carboxylic acids is 1. The van der Waals surface area contributed by atoms with Crippen molar-refractivity contribution in [3.63, 3.8) is 0 Å². The molecule has 0 radical (unpaired) electrons. The van der Waals surface area contributed by atoms with Gasteiger partial charge in [-0.2, -0.15) is 5.10 Å². The van der Waals surface area contributed by atoms with Crippen LogP contribution in [0.4, 0.5) is 0 Å². The van der Waals surface area contributed by atoms with E-state index in [0.29, 0.717) is 6.42 Å². The van der Waals surface area contributed by atoms with Crippen molar-refractivity contribution in [1.82, 2.24) is 20.4 Å². The van der Waals surface area contributed by atoms with Gasteiger partial charge in [0.1, 0.15) is 5.75 Å². The molecule has 2 heterocycles. The number of hydrogen-bond acceptors (Lipinski definition) is 4. The number of H-pyrrole nitrogens is 1. The summed E-state index contributed by atoms with van der Waals surface area (Å²) in [4.78, 5) is 15.3. The molecular formula is C25H30N4O2. The number of aromatic nitrogens is 2. The summed E-state index contributed by atoms with van der Waals surface area (Å²) in [5.74, 6) is 0.856. The Kier molecular flexibility index (Phi) is 6.67. The summed E-state index contributed by atoms with van der Waals surface area (Å²) < 4.78 is 5.23. The summed E-state index contributed by atoms with van der Waals surface area (Å²) >= 11 is 0. The SMILES string of the molecule is COc1ccc(-c2n[nH]c(C)c2CC(=O)NC2CCN(Cc3ccccc3)CC2)cc1. The smallest absolute Gasteiger partial charge is 0.224 e. The minimum atomic E-state index is 0.0563. The van der Waals surface area contributed by atoms with E-state index in [4.69, 9.17) is 4.74 Å². The lowest BCUT2D eigenvalue weighted by atomic mass is 10.0. The zero-order valence-electron chi connectivity index (χ0n) is 18.2. The van der Waals surface area contributed by atoms with Gasteiger partial charge in [-0.15, -0.1) is 0 Å². The van der Waals surface area contributed by atoms with Gasteiger partial charge in [0.2, 0.25) is 5.91 Å². The maximum atomic E-state index is 12.8. The van der Waals surface area contributed by atoms with E-state index in [0.717, 1.165) is 60.7 Å². The molecule has 1 aliphatic rings. The number of hydrogen-bond donors (Lipinski definition) is 2. The van der Waals surface area contributed by atoms with E-state index in [1.165, 1.54) is 5.56 Å². The Morgan fingerprint density at radius 2 is 1.84 bits per heavy atom. The number of amides is 1. The first-order chi connectivity index (χ1) is 15.1. The minimum Gasteiger partial charge on any atom is -0.497 e. The molecule has 0 unspecified atom stereocenters. The summed E-state index contributed by atoms with van der Waals surface area (Å²) in [5.41, 5.74) is 5.02. The molecule has 0 aliphatic carbocycles. The molecule has 2 N–H and O–H groups in total. The Labute approximate surface area is 183 Å². The van der Waals surface area contributed by atoms with Crippen molar-refractivity contribution >= 4 is 5.91 Å². The second kappa shape index (κ2) is 9.79. The second-order valence-corrected chi connectivity index (χ2v) is 8.18. The molecule has 0 atom stereocenters. The van der Waals surface area contributed by atoms with Crippen LogP contribution in [0.2, 0.25) is 0 Å². The van der Waals surface area contributed by atoms with Crippen molar-refractivity contribution in [2.75, 3.05) is 20.2 Å². The molecule has 2 aromatic carbocycles. The molecule has 1 fully saturated rings. The van der Waals surface area contributed by atoms with Crippen molar-refractivity contribution in [1.29, 1.82) is 0 Å². The summed E-state index contributed by atoms with van der Waals surface area (Å²) in [6, 6.07) is 18.5. The number of methoxy groups -OCH3 is 1. The average molecular weight is 419 g/mol. The molecular weight excluding hydrogens is 388 g/mol. The molecule has 0 saturated carbocycles. The summed E-state index contributed by atoms with van der Waals surface area (Å²) in [5, 5.41) is 10.7. The number of carbonyl (C=O) groups is 1. The Morgan fingerprint density at radius 1 is 1.13 bits per heavy atom. The molecule has 3 aromatic rings. The molecule has 1 amide bonds. The first-order valence-corrected chi connectivity index (χ1v) is 10.9. The molecule has 162 valence electrons. The van der Waals surface area contributed by atoms with Gasteiger partial charge in [-0.1, -0.05) is 30.3 Å². The molecule has 31 heavy (non-hydrogen) atoms. The number of aromatic amines is 1. The van der Waals surface area contributed by atoms with Crippen LogP contribution in [0.3, 0.4) is 0 Å². The summed E-state index contributed by atoms with van der Waals surface area (Å²) in [7, 11) is 1.65. The lowest BCUT2D eigenvalue weighted by molar-refractivity contribution is -0.121. The third-order valence-electron chi connectivity index (χ3n) is 5.98. The number of aryl methyl sites for hydroxylation is 1. The van der Waals surface area contributed by atoms with Gasteiger partial charge in [-0.25, -0.2) is 0 Å². The predicted molar refractivity (Wildman–Crippen MR) is 122 cm³/mol. The highest BCUT2D eigenvalue weighted by Crippen LogP contribution is 2.26. The second-order valence-electron chi connectivity index (χ2n) is 8.18. The van der Waals surface area contributed by atoms with Gasteiger partial charge in [-0.3, -0.25) is 14.8 Å². The van der Waals surface area contributed by atoms with Gasteiger partial charge >= 0.3 is 0 Å². The van der Waals surface area contributed by atoms with Crippen molar-refractivity contribution in [3.05, 3.63) is 71.4 Å². The first kappa shape index (κ1) is 21.1. The van der Waals surface area contributed by atoms with Gasteiger partial charge in [0.05, 0.1) is 19.2 Å². The maximum Gasteiger partial charge on any atom is 0.224 e. The minimum absolute atomic E-state index is 0.0563. The van der Waals surface area contributed by atoms with Crippen molar-refractivity contribution in [2.45, 2.75) is 38.8 Å². The van der Waals surface area contributed by atoms with E-state index >= 15 is 0 Å². The Balaban J connectivity index is 1.32. The molecule has 6 nitrogen and oxygen atoms in total. The lowest BCUT2D eigenvalue weighted by Crippen LogP contribution is -2.44. The number of likely N-dealkylation sites (tertiary alicyclic amines) is 1. The Hall–Kier alpha value is -3.12.